The van der Waals surface area contributed by atoms with E-state index < -0.39 is 35.5 Å². The second kappa shape index (κ2) is 11.7. The molecule has 2 atom stereocenters. The smallest absolute Gasteiger partial charge is 0.269 e. The molecule has 31 heavy (non-hydrogen) atoms. The lowest BCUT2D eigenvalue weighted by atomic mass is 10.0. The minimum Gasteiger partial charge on any atom is -0.394 e. The topological polar surface area (TPSA) is 168 Å². The van der Waals surface area contributed by atoms with Gasteiger partial charge in [0.2, 0.25) is 0 Å². The van der Waals surface area contributed by atoms with Gasteiger partial charge in [-0.1, -0.05) is 12.1 Å². The highest BCUT2D eigenvalue weighted by atomic mass is 16.6. The number of nitrogens with one attached hydrogen (secondary N) is 2. The first-order valence-electron chi connectivity index (χ1n) is 9.80. The lowest BCUT2D eigenvalue weighted by molar-refractivity contribution is -0.384. The molecule has 0 spiro atoms. The second-order valence-corrected chi connectivity index (χ2v) is 6.85. The van der Waals surface area contributed by atoms with Gasteiger partial charge in [-0.15, -0.1) is 0 Å². The van der Waals surface area contributed by atoms with E-state index in [0.717, 1.165) is 6.42 Å². The van der Waals surface area contributed by atoms with Gasteiger partial charge in [0.25, 0.3) is 17.5 Å². The molecule has 0 radical (unpaired) electrons. The maximum Gasteiger partial charge on any atom is 0.269 e. The molecule has 0 aliphatic carbocycles. The quantitative estimate of drug-likeness (QED) is 0.200. The van der Waals surface area contributed by atoms with Crippen LogP contribution in [0.15, 0.2) is 48.5 Å². The van der Waals surface area contributed by atoms with E-state index in [4.69, 9.17) is 5.73 Å². The summed E-state index contributed by atoms with van der Waals surface area (Å²) in [6.07, 6.45) is 0.165. The summed E-state index contributed by atoms with van der Waals surface area (Å²) in [6.45, 7) is 0.357. The van der Waals surface area contributed by atoms with Crippen molar-refractivity contribution in [3.05, 3.63) is 75.3 Å². The van der Waals surface area contributed by atoms with Gasteiger partial charge < -0.3 is 26.6 Å². The van der Waals surface area contributed by atoms with Crippen molar-refractivity contribution in [1.29, 1.82) is 0 Å². The molecule has 0 aliphatic rings. The van der Waals surface area contributed by atoms with E-state index in [0.29, 0.717) is 19.5 Å². The van der Waals surface area contributed by atoms with E-state index in [-0.39, 0.29) is 22.4 Å². The van der Waals surface area contributed by atoms with Crippen LogP contribution in [0.25, 0.3) is 0 Å². The summed E-state index contributed by atoms with van der Waals surface area (Å²) < 4.78 is 0. The third kappa shape index (κ3) is 6.57. The highest BCUT2D eigenvalue weighted by molar-refractivity contribution is 6.07. The average Bonchev–Trinajstić information content (AvgIpc) is 2.79. The summed E-state index contributed by atoms with van der Waals surface area (Å²) in [5.74, 6) is -1.06. The number of carbonyl (C=O) groups is 2. The molecule has 166 valence electrons. The van der Waals surface area contributed by atoms with Gasteiger partial charge >= 0.3 is 0 Å². The Morgan fingerprint density at radius 1 is 1.03 bits per heavy atom. The second-order valence-electron chi connectivity index (χ2n) is 6.85. The number of nitro groups is 1. The van der Waals surface area contributed by atoms with E-state index in [1.165, 1.54) is 36.4 Å². The van der Waals surface area contributed by atoms with Crippen molar-refractivity contribution in [2.45, 2.75) is 25.0 Å². The Kier molecular flexibility index (Phi) is 9.07. The third-order valence-electron chi connectivity index (χ3n) is 4.67. The summed E-state index contributed by atoms with van der Waals surface area (Å²) in [7, 11) is 0. The Labute approximate surface area is 179 Å². The van der Waals surface area contributed by atoms with Crippen LogP contribution in [0.3, 0.4) is 0 Å². The number of aliphatic hydroxyl groups is 2. The first-order chi connectivity index (χ1) is 14.9. The van der Waals surface area contributed by atoms with E-state index in [1.807, 2.05) is 0 Å². The summed E-state index contributed by atoms with van der Waals surface area (Å²) in [4.78, 5) is 35.4. The zero-order chi connectivity index (χ0) is 22.8. The van der Waals surface area contributed by atoms with Crippen LogP contribution in [0.4, 0.5) is 5.69 Å². The molecule has 2 rings (SSSR count). The minimum atomic E-state index is -1.31. The van der Waals surface area contributed by atoms with Gasteiger partial charge in [0.05, 0.1) is 28.7 Å². The number of non-ortho nitro benzene ring substituents is 1. The van der Waals surface area contributed by atoms with E-state index in [2.05, 4.69) is 10.6 Å². The molecule has 0 heterocycles. The number of nitrogens with two attached hydrogens (primary N) is 1. The van der Waals surface area contributed by atoms with Crippen molar-refractivity contribution in [2.75, 3.05) is 19.7 Å². The first kappa shape index (κ1) is 23.9. The molecule has 10 nitrogen and oxygen atoms in total. The number of amides is 2. The van der Waals surface area contributed by atoms with Gasteiger partial charge in [0.15, 0.2) is 0 Å². The average molecular weight is 430 g/mol. The monoisotopic (exact) mass is 430 g/mol. The van der Waals surface area contributed by atoms with Crippen molar-refractivity contribution in [3.63, 3.8) is 0 Å². The van der Waals surface area contributed by atoms with E-state index in [1.54, 1.807) is 12.1 Å². The number of hydrogen-bond acceptors (Lipinski definition) is 7. The predicted octanol–water partition coefficient (Wildman–Crippen LogP) is 0.888. The number of aliphatic hydroxyl groups excluding tert-OH is 2. The Morgan fingerprint density at radius 2 is 1.65 bits per heavy atom. The molecule has 6 N–H and O–H groups in total. The molecule has 0 saturated heterocycles. The molecule has 0 saturated carbocycles. The molecular formula is C21H26N4O6. The van der Waals surface area contributed by atoms with Crippen molar-refractivity contribution in [1.82, 2.24) is 10.6 Å². The van der Waals surface area contributed by atoms with Gasteiger partial charge in [-0.2, -0.15) is 0 Å². The Bertz CT molecular complexity index is 903. The van der Waals surface area contributed by atoms with Crippen LogP contribution in [0.2, 0.25) is 0 Å². The minimum absolute atomic E-state index is 0.0909. The van der Waals surface area contributed by atoms with Crippen LogP contribution >= 0.6 is 0 Å². The summed E-state index contributed by atoms with van der Waals surface area (Å²) in [5, 5.41) is 36.2. The summed E-state index contributed by atoms with van der Waals surface area (Å²) in [6, 6.07) is 10.3. The van der Waals surface area contributed by atoms with Crippen molar-refractivity contribution < 1.29 is 24.7 Å². The summed E-state index contributed by atoms with van der Waals surface area (Å²) >= 11 is 0. The van der Waals surface area contributed by atoms with Crippen LogP contribution in [0, 0.1) is 10.1 Å². The fraction of sp³-hybridized carbons (Fsp3) is 0.333. The first-order valence-corrected chi connectivity index (χ1v) is 9.80. The van der Waals surface area contributed by atoms with Gasteiger partial charge in [-0.25, -0.2) is 0 Å². The van der Waals surface area contributed by atoms with Crippen LogP contribution in [-0.2, 0) is 0 Å². The number of carbonyl (C=O) groups excluding carboxylic acids is 2. The highest BCUT2D eigenvalue weighted by Gasteiger charge is 2.25. The SMILES string of the molecule is NCCCCNC(=O)c1ccccc1C(=O)N[C@H](CO)[C@H](O)c1ccc([N+](=O)[O-])cc1. The van der Waals surface area contributed by atoms with Gasteiger partial charge in [0, 0.05) is 18.7 Å². The van der Waals surface area contributed by atoms with Crippen LogP contribution in [-0.4, -0.2) is 52.7 Å². The number of benzene rings is 2. The molecule has 2 aromatic rings. The number of nitrogens with zero attached hydrogens (tertiary/aromatic N) is 1. The Hall–Kier alpha value is -3.34. The van der Waals surface area contributed by atoms with Crippen LogP contribution < -0.4 is 16.4 Å². The molecule has 2 aromatic carbocycles. The zero-order valence-corrected chi connectivity index (χ0v) is 16.9. The standard InChI is InChI=1S/C21H26N4O6/c22-11-3-4-12-23-20(28)16-5-1-2-6-17(16)21(29)24-18(13-26)19(27)14-7-9-15(10-8-14)25(30)31/h1-2,5-10,18-19,26-27H,3-4,11-13,22H2,(H,23,28)(H,24,29)/t18-,19-/m1/s1. The van der Waals surface area contributed by atoms with Gasteiger partial charge in [0.1, 0.15) is 6.10 Å². The fourth-order valence-electron chi connectivity index (χ4n) is 2.94. The predicted molar refractivity (Wildman–Crippen MR) is 113 cm³/mol. The normalized spacial score (nSPS) is 12.6. The van der Waals surface area contributed by atoms with E-state index in [9.17, 15) is 29.9 Å². The van der Waals surface area contributed by atoms with Crippen LogP contribution in [0.1, 0.15) is 45.2 Å². The van der Waals surface area contributed by atoms with Gasteiger partial charge in [-0.3, -0.25) is 19.7 Å². The van der Waals surface area contributed by atoms with Crippen molar-refractivity contribution >= 4 is 17.5 Å². The Morgan fingerprint density at radius 3 is 2.19 bits per heavy atom. The molecular weight excluding hydrogens is 404 g/mol. The number of hydrogen-bond donors (Lipinski definition) is 5. The van der Waals surface area contributed by atoms with E-state index >= 15 is 0 Å². The lowest BCUT2D eigenvalue weighted by Crippen LogP contribution is -2.42. The largest absolute Gasteiger partial charge is 0.394 e. The molecule has 2 amide bonds. The number of nitro benzene ring substituents is 1. The number of rotatable bonds is 11. The van der Waals surface area contributed by atoms with Crippen molar-refractivity contribution in [3.8, 4) is 0 Å². The van der Waals surface area contributed by atoms with Gasteiger partial charge in [-0.05, 0) is 49.2 Å². The molecule has 0 unspecified atom stereocenters. The molecule has 0 bridgehead atoms. The summed E-state index contributed by atoms with van der Waals surface area (Å²) in [5.41, 5.74) is 5.82. The molecule has 0 aliphatic heterocycles. The molecule has 10 heteroatoms. The fourth-order valence-corrected chi connectivity index (χ4v) is 2.94. The lowest BCUT2D eigenvalue weighted by Gasteiger charge is -2.23. The maximum atomic E-state index is 12.8. The van der Waals surface area contributed by atoms with Crippen molar-refractivity contribution in [2.24, 2.45) is 5.73 Å². The highest BCUT2D eigenvalue weighted by Crippen LogP contribution is 2.21. The zero-order valence-electron chi connectivity index (χ0n) is 16.9. The third-order valence-corrected chi connectivity index (χ3v) is 4.67. The molecule has 0 aromatic heterocycles. The van der Waals surface area contributed by atoms with Crippen LogP contribution in [0.5, 0.6) is 0 Å². The maximum absolute atomic E-state index is 12.8. The number of unbranched alkanes of at least 4 members (excludes halogenated alkanes) is 1. The molecule has 0 fully saturated rings. The Balaban J connectivity index is 2.11.